The minimum atomic E-state index is -0.198. The first-order chi connectivity index (χ1) is 12.7. The van der Waals surface area contributed by atoms with Crippen LogP contribution in [-0.2, 0) is 18.3 Å². The highest BCUT2D eigenvalue weighted by atomic mass is 16.6. The number of carbonyl (C=O) groups is 1. The van der Waals surface area contributed by atoms with Crippen LogP contribution in [0.5, 0.6) is 0 Å². The van der Waals surface area contributed by atoms with E-state index in [0.717, 1.165) is 29.5 Å². The predicted molar refractivity (Wildman–Crippen MR) is 100 cm³/mol. The van der Waals surface area contributed by atoms with E-state index in [1.54, 1.807) is 4.68 Å². The third-order valence-electron chi connectivity index (χ3n) is 4.53. The van der Waals surface area contributed by atoms with E-state index in [0.29, 0.717) is 12.2 Å². The van der Waals surface area contributed by atoms with Gasteiger partial charge in [-0.2, -0.15) is 5.10 Å². The number of rotatable bonds is 5. The molecule has 1 aliphatic heterocycles. The molecular weight excluding hydrogens is 328 g/mol. The maximum absolute atomic E-state index is 12.5. The molecule has 0 saturated heterocycles. The van der Waals surface area contributed by atoms with Gasteiger partial charge in [-0.1, -0.05) is 53.7 Å². The molecule has 1 unspecified atom stereocenters. The van der Waals surface area contributed by atoms with E-state index in [2.05, 4.69) is 27.7 Å². The Labute approximate surface area is 151 Å². The van der Waals surface area contributed by atoms with Gasteiger partial charge in [0.15, 0.2) is 5.69 Å². The number of amides is 1. The molecule has 0 spiro atoms. The van der Waals surface area contributed by atoms with E-state index in [1.807, 2.05) is 49.5 Å². The molecule has 1 aliphatic rings. The van der Waals surface area contributed by atoms with Gasteiger partial charge in [-0.25, -0.2) is 0 Å². The highest BCUT2D eigenvalue weighted by Gasteiger charge is 2.22. The highest BCUT2D eigenvalue weighted by molar-refractivity contribution is 6.06. The number of nitrogens with one attached hydrogen (secondary N) is 1. The third-order valence-corrected chi connectivity index (χ3v) is 4.53. The molecule has 2 heterocycles. The maximum Gasteiger partial charge on any atom is 0.272 e. The third kappa shape index (κ3) is 3.31. The van der Waals surface area contributed by atoms with E-state index in [1.165, 1.54) is 5.56 Å². The van der Waals surface area contributed by atoms with Crippen molar-refractivity contribution in [3.8, 4) is 0 Å². The van der Waals surface area contributed by atoms with Crippen LogP contribution in [0.25, 0.3) is 10.9 Å². The molecule has 1 amide bonds. The van der Waals surface area contributed by atoms with Gasteiger partial charge in [0.25, 0.3) is 5.91 Å². The molecule has 1 N–H and O–H groups in total. The fraction of sp³-hybridized carbons (Fsp3) is 0.250. The fourth-order valence-electron chi connectivity index (χ4n) is 3.22. The first-order valence-electron chi connectivity index (χ1n) is 8.66. The van der Waals surface area contributed by atoms with Gasteiger partial charge in [0.1, 0.15) is 6.10 Å². The van der Waals surface area contributed by atoms with Gasteiger partial charge in [-0.15, -0.1) is 0 Å². The SMILES string of the molecule is Cn1nc(C(=O)NCC2=NOC(Cc3ccccc3)C2)c2ccccc21. The van der Waals surface area contributed by atoms with Crippen molar-refractivity contribution < 1.29 is 9.63 Å². The van der Waals surface area contributed by atoms with Gasteiger partial charge >= 0.3 is 0 Å². The molecule has 26 heavy (non-hydrogen) atoms. The molecule has 4 rings (SSSR count). The molecule has 0 radical (unpaired) electrons. The largest absolute Gasteiger partial charge is 0.392 e. The van der Waals surface area contributed by atoms with Gasteiger partial charge < -0.3 is 10.2 Å². The van der Waals surface area contributed by atoms with Crippen LogP contribution in [0.15, 0.2) is 59.8 Å². The average Bonchev–Trinajstić information content (AvgIpc) is 3.25. The summed E-state index contributed by atoms with van der Waals surface area (Å²) in [5, 5.41) is 12.2. The minimum absolute atomic E-state index is 0.0278. The molecule has 0 fully saturated rings. The van der Waals surface area contributed by atoms with Crippen molar-refractivity contribution in [2.75, 3.05) is 6.54 Å². The lowest BCUT2D eigenvalue weighted by Gasteiger charge is -2.07. The lowest BCUT2D eigenvalue weighted by atomic mass is 10.0. The number of carbonyl (C=O) groups excluding carboxylic acids is 1. The maximum atomic E-state index is 12.5. The predicted octanol–water partition coefficient (Wildman–Crippen LogP) is 2.69. The van der Waals surface area contributed by atoms with Gasteiger partial charge in [0.05, 0.1) is 17.8 Å². The zero-order valence-corrected chi connectivity index (χ0v) is 14.6. The zero-order chi connectivity index (χ0) is 17.9. The monoisotopic (exact) mass is 348 g/mol. The van der Waals surface area contributed by atoms with Crippen LogP contribution in [0.4, 0.5) is 0 Å². The first kappa shape index (κ1) is 16.3. The summed E-state index contributed by atoms with van der Waals surface area (Å²) in [6, 6.07) is 17.9. The van der Waals surface area contributed by atoms with E-state index in [-0.39, 0.29) is 12.0 Å². The summed E-state index contributed by atoms with van der Waals surface area (Å²) in [6.07, 6.45) is 1.56. The number of oxime groups is 1. The summed E-state index contributed by atoms with van der Waals surface area (Å²) >= 11 is 0. The first-order valence-corrected chi connectivity index (χ1v) is 8.66. The molecule has 6 heteroatoms. The summed E-state index contributed by atoms with van der Waals surface area (Å²) in [5.74, 6) is -0.198. The minimum Gasteiger partial charge on any atom is -0.392 e. The molecule has 0 saturated carbocycles. The number of benzene rings is 2. The number of nitrogens with zero attached hydrogens (tertiary/aromatic N) is 3. The summed E-state index contributed by atoms with van der Waals surface area (Å²) < 4.78 is 1.72. The Kier molecular flexibility index (Phi) is 4.39. The van der Waals surface area contributed by atoms with Gasteiger partial charge in [-0.05, 0) is 11.6 Å². The van der Waals surface area contributed by atoms with E-state index in [9.17, 15) is 4.79 Å². The second-order valence-corrected chi connectivity index (χ2v) is 6.45. The molecule has 0 aliphatic carbocycles. The summed E-state index contributed by atoms with van der Waals surface area (Å²) in [6.45, 7) is 0.370. The van der Waals surface area contributed by atoms with Crippen molar-refractivity contribution in [3.63, 3.8) is 0 Å². The number of hydrogen-bond donors (Lipinski definition) is 1. The number of para-hydroxylation sites is 1. The number of aromatic nitrogens is 2. The average molecular weight is 348 g/mol. The van der Waals surface area contributed by atoms with Crippen molar-refractivity contribution in [1.82, 2.24) is 15.1 Å². The molecule has 1 aromatic heterocycles. The van der Waals surface area contributed by atoms with Crippen molar-refractivity contribution in [2.24, 2.45) is 12.2 Å². The quantitative estimate of drug-likeness (QED) is 0.771. The van der Waals surface area contributed by atoms with Crippen LogP contribution in [0.3, 0.4) is 0 Å². The van der Waals surface area contributed by atoms with Crippen LogP contribution < -0.4 is 5.32 Å². The van der Waals surface area contributed by atoms with Crippen LogP contribution in [0, 0.1) is 0 Å². The Morgan fingerprint density at radius 2 is 1.96 bits per heavy atom. The second kappa shape index (κ2) is 7.00. The Hall–Kier alpha value is -3.15. The van der Waals surface area contributed by atoms with Crippen LogP contribution in [0.1, 0.15) is 22.5 Å². The topological polar surface area (TPSA) is 68.5 Å². The Morgan fingerprint density at radius 3 is 2.81 bits per heavy atom. The zero-order valence-electron chi connectivity index (χ0n) is 14.6. The number of aryl methyl sites for hydroxylation is 1. The normalized spacial score (nSPS) is 16.3. The van der Waals surface area contributed by atoms with Gasteiger partial charge in [0.2, 0.25) is 0 Å². The van der Waals surface area contributed by atoms with Crippen molar-refractivity contribution in [3.05, 3.63) is 65.9 Å². The Bertz CT molecular complexity index is 962. The smallest absolute Gasteiger partial charge is 0.272 e. The fourth-order valence-corrected chi connectivity index (χ4v) is 3.22. The van der Waals surface area contributed by atoms with Crippen LogP contribution in [0.2, 0.25) is 0 Å². The van der Waals surface area contributed by atoms with Crippen LogP contribution >= 0.6 is 0 Å². The summed E-state index contributed by atoms with van der Waals surface area (Å²) in [5.41, 5.74) is 3.43. The van der Waals surface area contributed by atoms with E-state index in [4.69, 9.17) is 4.84 Å². The second-order valence-electron chi connectivity index (χ2n) is 6.45. The standard InChI is InChI=1S/C20H20N4O2/c1-24-18-10-6-5-9-17(18)19(22-24)20(25)21-13-15-12-16(26-23-15)11-14-7-3-2-4-8-14/h2-10,16H,11-13H2,1H3,(H,21,25). The summed E-state index contributed by atoms with van der Waals surface area (Å²) in [4.78, 5) is 18.0. The molecule has 1 atom stereocenters. The van der Waals surface area contributed by atoms with Crippen molar-refractivity contribution >= 4 is 22.5 Å². The molecule has 132 valence electrons. The molecule has 2 aromatic carbocycles. The Balaban J connectivity index is 1.35. The summed E-state index contributed by atoms with van der Waals surface area (Å²) in [7, 11) is 1.84. The van der Waals surface area contributed by atoms with Crippen molar-refractivity contribution in [1.29, 1.82) is 0 Å². The lowest BCUT2D eigenvalue weighted by molar-refractivity contribution is 0.0859. The highest BCUT2D eigenvalue weighted by Crippen LogP contribution is 2.18. The van der Waals surface area contributed by atoms with Crippen molar-refractivity contribution in [2.45, 2.75) is 18.9 Å². The number of hydrogen-bond acceptors (Lipinski definition) is 4. The lowest BCUT2D eigenvalue weighted by Crippen LogP contribution is -2.30. The molecular formula is C20H20N4O2. The van der Waals surface area contributed by atoms with E-state index >= 15 is 0 Å². The Morgan fingerprint density at radius 1 is 1.19 bits per heavy atom. The van der Waals surface area contributed by atoms with Crippen LogP contribution in [-0.4, -0.2) is 34.0 Å². The van der Waals surface area contributed by atoms with Gasteiger partial charge in [-0.3, -0.25) is 9.48 Å². The van der Waals surface area contributed by atoms with E-state index < -0.39 is 0 Å². The van der Waals surface area contributed by atoms with Gasteiger partial charge in [0, 0.05) is 25.3 Å². The molecule has 3 aromatic rings. The number of fused-ring (bicyclic) bond motifs is 1. The molecule has 0 bridgehead atoms. The molecule has 6 nitrogen and oxygen atoms in total.